The lowest BCUT2D eigenvalue weighted by atomic mass is 10.00. The zero-order valence-electron chi connectivity index (χ0n) is 22.5. The molecule has 2 aliphatic rings. The Bertz CT molecular complexity index is 1390. The summed E-state index contributed by atoms with van der Waals surface area (Å²) in [5.74, 6) is -1.68. The molecule has 4 amide bonds. The SMILES string of the molecule is O=C1N[C@H](Cc2ccc(Cl)cc2)C(=O)N[C@@H](Cc2cccnc2)C(=O)N2CCC[C@@H]2C(=O)N[C@H]1Cc1ccccc1. The molecule has 2 saturated heterocycles. The third kappa shape index (κ3) is 7.10. The minimum Gasteiger partial charge on any atom is -0.342 e. The van der Waals surface area contributed by atoms with Crippen molar-refractivity contribution in [2.45, 2.75) is 56.3 Å². The molecular formula is C31H32ClN5O4. The second-order valence-corrected chi connectivity index (χ2v) is 10.9. The van der Waals surface area contributed by atoms with Crippen LogP contribution < -0.4 is 16.0 Å². The molecule has 3 aromatic rings. The predicted molar refractivity (Wildman–Crippen MR) is 154 cm³/mol. The van der Waals surface area contributed by atoms with Crippen molar-refractivity contribution in [1.29, 1.82) is 0 Å². The van der Waals surface area contributed by atoms with Crippen molar-refractivity contribution in [2.24, 2.45) is 0 Å². The number of aromatic nitrogens is 1. The second-order valence-electron chi connectivity index (χ2n) is 10.5. The summed E-state index contributed by atoms with van der Waals surface area (Å²) in [6.45, 7) is 0.389. The Morgan fingerprint density at radius 1 is 0.707 bits per heavy atom. The van der Waals surface area contributed by atoms with Gasteiger partial charge in [0.15, 0.2) is 0 Å². The van der Waals surface area contributed by atoms with Gasteiger partial charge in [0.05, 0.1) is 0 Å². The van der Waals surface area contributed by atoms with E-state index in [4.69, 9.17) is 11.6 Å². The van der Waals surface area contributed by atoms with E-state index in [1.807, 2.05) is 36.4 Å². The van der Waals surface area contributed by atoms with E-state index in [9.17, 15) is 19.2 Å². The van der Waals surface area contributed by atoms with E-state index in [0.29, 0.717) is 24.4 Å². The smallest absolute Gasteiger partial charge is 0.246 e. The number of nitrogens with one attached hydrogen (secondary N) is 3. The number of halogens is 1. The minimum absolute atomic E-state index is 0.168. The van der Waals surface area contributed by atoms with Gasteiger partial charge in [0.2, 0.25) is 23.6 Å². The largest absolute Gasteiger partial charge is 0.342 e. The summed E-state index contributed by atoms with van der Waals surface area (Å²) in [5, 5.41) is 9.20. The minimum atomic E-state index is -1.00. The molecule has 2 aliphatic heterocycles. The number of nitrogens with zero attached hydrogens (tertiary/aromatic N) is 2. The Hall–Kier alpha value is -4.24. The third-order valence-corrected chi connectivity index (χ3v) is 7.77. The molecule has 0 unspecified atom stereocenters. The van der Waals surface area contributed by atoms with Gasteiger partial charge in [-0.25, -0.2) is 0 Å². The highest BCUT2D eigenvalue weighted by Gasteiger charge is 2.40. The van der Waals surface area contributed by atoms with Crippen LogP contribution in [0, 0.1) is 0 Å². The Morgan fingerprint density at radius 2 is 1.29 bits per heavy atom. The number of pyridine rings is 1. The average Bonchev–Trinajstić information content (AvgIpc) is 3.48. The average molecular weight is 574 g/mol. The van der Waals surface area contributed by atoms with Gasteiger partial charge < -0.3 is 20.9 Å². The first-order chi connectivity index (χ1) is 19.9. The van der Waals surface area contributed by atoms with Gasteiger partial charge in [0.1, 0.15) is 24.2 Å². The maximum atomic E-state index is 13.9. The van der Waals surface area contributed by atoms with Crippen LogP contribution in [0.4, 0.5) is 0 Å². The third-order valence-electron chi connectivity index (χ3n) is 7.52. The van der Waals surface area contributed by atoms with Crippen LogP contribution in [-0.4, -0.2) is 64.2 Å². The fourth-order valence-corrected chi connectivity index (χ4v) is 5.52. The fourth-order valence-electron chi connectivity index (χ4n) is 5.39. The van der Waals surface area contributed by atoms with Crippen LogP contribution in [0.2, 0.25) is 5.02 Å². The number of rotatable bonds is 6. The van der Waals surface area contributed by atoms with Crippen molar-refractivity contribution >= 4 is 35.2 Å². The summed E-state index contributed by atoms with van der Waals surface area (Å²) < 4.78 is 0. The Labute approximate surface area is 243 Å². The van der Waals surface area contributed by atoms with Gasteiger partial charge in [-0.1, -0.05) is 60.1 Å². The highest BCUT2D eigenvalue weighted by molar-refractivity contribution is 6.30. The molecule has 0 radical (unpaired) electrons. The summed E-state index contributed by atoms with van der Waals surface area (Å²) >= 11 is 6.06. The van der Waals surface area contributed by atoms with E-state index in [1.165, 1.54) is 4.90 Å². The van der Waals surface area contributed by atoms with Crippen molar-refractivity contribution in [2.75, 3.05) is 6.54 Å². The lowest BCUT2D eigenvalue weighted by Crippen LogP contribution is -2.62. The lowest BCUT2D eigenvalue weighted by molar-refractivity contribution is -0.143. The number of hydrogen-bond acceptors (Lipinski definition) is 5. The molecule has 1 aromatic heterocycles. The van der Waals surface area contributed by atoms with E-state index >= 15 is 0 Å². The van der Waals surface area contributed by atoms with Gasteiger partial charge in [-0.3, -0.25) is 24.2 Å². The maximum absolute atomic E-state index is 13.9. The molecule has 0 bridgehead atoms. The summed E-state index contributed by atoms with van der Waals surface area (Å²) in [7, 11) is 0. The quantitative estimate of drug-likeness (QED) is 0.418. The summed E-state index contributed by atoms with van der Waals surface area (Å²) in [5.41, 5.74) is 2.40. The van der Waals surface area contributed by atoms with E-state index in [2.05, 4.69) is 20.9 Å². The highest BCUT2D eigenvalue weighted by atomic mass is 35.5. The first-order valence-corrected chi connectivity index (χ1v) is 14.1. The van der Waals surface area contributed by atoms with Crippen LogP contribution in [0.3, 0.4) is 0 Å². The highest BCUT2D eigenvalue weighted by Crippen LogP contribution is 2.21. The van der Waals surface area contributed by atoms with E-state index in [-0.39, 0.29) is 31.1 Å². The van der Waals surface area contributed by atoms with Crippen molar-refractivity contribution in [1.82, 2.24) is 25.8 Å². The van der Waals surface area contributed by atoms with E-state index in [0.717, 1.165) is 16.7 Å². The molecule has 3 heterocycles. The Morgan fingerprint density at radius 3 is 1.95 bits per heavy atom. The summed E-state index contributed by atoms with van der Waals surface area (Å²) in [4.78, 5) is 60.6. The molecule has 4 atom stereocenters. The summed E-state index contributed by atoms with van der Waals surface area (Å²) in [6, 6.07) is 16.3. The maximum Gasteiger partial charge on any atom is 0.246 e. The van der Waals surface area contributed by atoms with Crippen molar-refractivity contribution in [3.8, 4) is 0 Å². The van der Waals surface area contributed by atoms with Gasteiger partial charge in [-0.05, 0) is 47.7 Å². The standard InChI is InChI=1S/C31H32ClN5O4/c32-23-12-10-21(11-13-23)17-24-29(39)36-26(18-22-8-4-14-33-19-22)31(41)37-15-5-9-27(37)30(40)35-25(28(38)34-24)16-20-6-2-1-3-7-20/h1-4,6-8,10-14,19,24-27H,5,9,15-18H2,(H,34,38)(H,35,40)(H,36,39)/t24-,25+,26+,27-/m1/s1. The molecule has 10 heteroatoms. The topological polar surface area (TPSA) is 120 Å². The molecule has 9 nitrogen and oxygen atoms in total. The first kappa shape index (κ1) is 28.3. The van der Waals surface area contributed by atoms with Crippen LogP contribution in [0.15, 0.2) is 79.1 Å². The number of hydrogen-bond donors (Lipinski definition) is 3. The van der Waals surface area contributed by atoms with Gasteiger partial charge in [0, 0.05) is 43.2 Å². The molecule has 0 saturated carbocycles. The van der Waals surface area contributed by atoms with Crippen LogP contribution in [0.5, 0.6) is 0 Å². The molecule has 2 aromatic carbocycles. The van der Waals surface area contributed by atoms with Crippen LogP contribution in [0.25, 0.3) is 0 Å². The molecular weight excluding hydrogens is 542 g/mol. The first-order valence-electron chi connectivity index (χ1n) is 13.8. The molecule has 5 rings (SSSR count). The van der Waals surface area contributed by atoms with Gasteiger partial charge in [0.25, 0.3) is 0 Å². The van der Waals surface area contributed by atoms with Crippen LogP contribution in [-0.2, 0) is 38.4 Å². The monoisotopic (exact) mass is 573 g/mol. The molecule has 3 N–H and O–H groups in total. The zero-order chi connectivity index (χ0) is 28.8. The molecule has 212 valence electrons. The van der Waals surface area contributed by atoms with E-state index in [1.54, 1.807) is 42.7 Å². The van der Waals surface area contributed by atoms with Crippen LogP contribution >= 0.6 is 11.6 Å². The number of amides is 4. The van der Waals surface area contributed by atoms with Crippen molar-refractivity contribution < 1.29 is 19.2 Å². The van der Waals surface area contributed by atoms with E-state index < -0.39 is 36.0 Å². The summed E-state index contributed by atoms with van der Waals surface area (Å²) in [6.07, 6.45) is 5.00. The number of fused-ring (bicyclic) bond motifs is 1. The lowest BCUT2D eigenvalue weighted by Gasteiger charge is -2.32. The van der Waals surface area contributed by atoms with Gasteiger partial charge in [-0.15, -0.1) is 0 Å². The second kappa shape index (κ2) is 13.0. The molecule has 0 aliphatic carbocycles. The van der Waals surface area contributed by atoms with Gasteiger partial charge in [-0.2, -0.15) is 0 Å². The number of benzene rings is 2. The number of carbonyl (C=O) groups is 4. The predicted octanol–water partition coefficient (Wildman–Crippen LogP) is 2.22. The Balaban J connectivity index is 1.49. The van der Waals surface area contributed by atoms with Crippen molar-refractivity contribution in [3.63, 3.8) is 0 Å². The molecule has 41 heavy (non-hydrogen) atoms. The molecule has 0 spiro atoms. The Kier molecular flexibility index (Phi) is 8.94. The van der Waals surface area contributed by atoms with Crippen LogP contribution in [0.1, 0.15) is 29.5 Å². The molecule has 2 fully saturated rings. The normalized spacial score (nSPS) is 23.5. The van der Waals surface area contributed by atoms with Crippen molar-refractivity contribution in [3.05, 3.63) is 101 Å². The zero-order valence-corrected chi connectivity index (χ0v) is 23.2. The van der Waals surface area contributed by atoms with Gasteiger partial charge >= 0.3 is 0 Å². The fraction of sp³-hybridized carbons (Fsp3) is 0.323. The number of carbonyl (C=O) groups excluding carboxylic acids is 4.